The van der Waals surface area contributed by atoms with Gasteiger partial charge in [0.2, 0.25) is 5.78 Å². The van der Waals surface area contributed by atoms with Gasteiger partial charge >= 0.3 is 0 Å². The maximum absolute atomic E-state index is 15.2. The molecular formula is C23H20F2N4O3S. The van der Waals surface area contributed by atoms with Crippen LogP contribution in [0.1, 0.15) is 42.3 Å². The molecule has 2 aromatic carbocycles. The Morgan fingerprint density at radius 1 is 1.06 bits per heavy atom. The number of hydrogen-bond donors (Lipinski definition) is 2. The Morgan fingerprint density at radius 3 is 2.42 bits per heavy atom. The van der Waals surface area contributed by atoms with Crippen molar-refractivity contribution in [3.63, 3.8) is 0 Å². The highest BCUT2D eigenvalue weighted by Gasteiger charge is 2.26. The van der Waals surface area contributed by atoms with E-state index in [1.807, 2.05) is 20.8 Å². The van der Waals surface area contributed by atoms with Gasteiger partial charge in [-0.1, -0.05) is 32.9 Å². The number of benzene rings is 2. The van der Waals surface area contributed by atoms with Gasteiger partial charge in [-0.25, -0.2) is 27.2 Å². The minimum Gasteiger partial charge on any atom is -0.345 e. The Morgan fingerprint density at radius 2 is 1.76 bits per heavy atom. The second-order valence-electron chi connectivity index (χ2n) is 8.48. The van der Waals surface area contributed by atoms with E-state index in [9.17, 15) is 17.6 Å². The van der Waals surface area contributed by atoms with Gasteiger partial charge in [0.25, 0.3) is 10.0 Å². The maximum atomic E-state index is 15.2. The van der Waals surface area contributed by atoms with Gasteiger partial charge in [-0.15, -0.1) is 0 Å². The number of nitrogens with one attached hydrogen (secondary N) is 2. The largest absolute Gasteiger partial charge is 0.345 e. The van der Waals surface area contributed by atoms with Crippen molar-refractivity contribution in [3.8, 4) is 0 Å². The van der Waals surface area contributed by atoms with Crippen LogP contribution in [-0.4, -0.2) is 29.2 Å². The minimum atomic E-state index is -4.19. The predicted octanol–water partition coefficient (Wildman–Crippen LogP) is 4.57. The fourth-order valence-electron chi connectivity index (χ4n) is 3.36. The van der Waals surface area contributed by atoms with E-state index in [1.54, 1.807) is 12.1 Å². The molecule has 0 aliphatic heterocycles. The van der Waals surface area contributed by atoms with Gasteiger partial charge in [0, 0.05) is 17.8 Å². The Bertz CT molecular complexity index is 1470. The van der Waals surface area contributed by atoms with Gasteiger partial charge in [-0.3, -0.25) is 9.52 Å². The molecule has 2 aromatic heterocycles. The lowest BCUT2D eigenvalue weighted by molar-refractivity contribution is 0.103. The quantitative estimate of drug-likeness (QED) is 0.416. The number of nitrogens with zero attached hydrogens (tertiary/aromatic N) is 2. The molecule has 7 nitrogen and oxygen atoms in total. The standard InChI is InChI=1S/C23H20F2N4O3S/c1-23(2,3)13-4-6-14(7-5-13)33(31,32)29-18-9-8-17(24)19(20(18)25)21(30)15-11-27-22-16(15)10-26-12-28-22/h4-12,29H,1-3H3,(H,26,27,28). The van der Waals surface area contributed by atoms with Crippen molar-refractivity contribution in [1.29, 1.82) is 0 Å². The molecule has 33 heavy (non-hydrogen) atoms. The molecule has 2 N–H and O–H groups in total. The van der Waals surface area contributed by atoms with E-state index in [2.05, 4.69) is 19.7 Å². The van der Waals surface area contributed by atoms with Crippen molar-refractivity contribution in [2.75, 3.05) is 4.72 Å². The first-order valence-corrected chi connectivity index (χ1v) is 11.4. The Labute approximate surface area is 189 Å². The molecule has 0 spiro atoms. The summed E-state index contributed by atoms with van der Waals surface area (Å²) in [4.78, 5) is 23.4. The summed E-state index contributed by atoms with van der Waals surface area (Å²) in [6.45, 7) is 5.96. The summed E-state index contributed by atoms with van der Waals surface area (Å²) in [6.07, 6.45) is 3.88. The lowest BCUT2D eigenvalue weighted by atomic mass is 9.87. The van der Waals surface area contributed by atoms with E-state index in [1.165, 1.54) is 30.9 Å². The van der Waals surface area contributed by atoms with E-state index < -0.39 is 38.7 Å². The second-order valence-corrected chi connectivity index (χ2v) is 10.2. The molecule has 0 aliphatic carbocycles. The average Bonchev–Trinajstić information content (AvgIpc) is 3.19. The molecule has 0 saturated carbocycles. The zero-order valence-corrected chi connectivity index (χ0v) is 18.8. The number of H-pyrrole nitrogens is 1. The lowest BCUT2D eigenvalue weighted by Gasteiger charge is -2.19. The highest BCUT2D eigenvalue weighted by Crippen LogP contribution is 2.29. The second kappa shape index (κ2) is 8.04. The topological polar surface area (TPSA) is 105 Å². The Kier molecular flexibility index (Phi) is 5.49. The zero-order chi connectivity index (χ0) is 24.0. The first kappa shape index (κ1) is 22.5. The number of fused-ring (bicyclic) bond motifs is 1. The number of carbonyl (C=O) groups excluding carboxylic acids is 1. The van der Waals surface area contributed by atoms with Crippen LogP contribution < -0.4 is 4.72 Å². The molecule has 0 saturated heterocycles. The van der Waals surface area contributed by atoms with Crippen LogP contribution in [0.5, 0.6) is 0 Å². The normalized spacial score (nSPS) is 12.2. The molecule has 2 heterocycles. The van der Waals surface area contributed by atoms with Gasteiger partial charge in [0.05, 0.1) is 21.7 Å². The summed E-state index contributed by atoms with van der Waals surface area (Å²) in [6, 6.07) is 7.92. The van der Waals surface area contributed by atoms with E-state index in [0.717, 1.165) is 17.7 Å². The molecule has 0 radical (unpaired) electrons. The van der Waals surface area contributed by atoms with Crippen molar-refractivity contribution >= 4 is 32.5 Å². The molecule has 0 fully saturated rings. The van der Waals surface area contributed by atoms with Crippen LogP contribution in [0.15, 0.2) is 60.0 Å². The highest BCUT2D eigenvalue weighted by atomic mass is 32.2. The van der Waals surface area contributed by atoms with Crippen LogP contribution >= 0.6 is 0 Å². The van der Waals surface area contributed by atoms with Crippen LogP contribution in [0.3, 0.4) is 0 Å². The third kappa shape index (κ3) is 4.21. The van der Waals surface area contributed by atoms with Crippen LogP contribution in [0, 0.1) is 11.6 Å². The first-order valence-electron chi connectivity index (χ1n) is 9.92. The monoisotopic (exact) mass is 470 g/mol. The predicted molar refractivity (Wildman–Crippen MR) is 120 cm³/mol. The average molecular weight is 471 g/mol. The molecule has 4 aromatic rings. The molecule has 0 unspecified atom stereocenters. The highest BCUT2D eigenvalue weighted by molar-refractivity contribution is 7.92. The molecule has 0 aliphatic rings. The van der Waals surface area contributed by atoms with Gasteiger partial charge in [0.1, 0.15) is 17.8 Å². The van der Waals surface area contributed by atoms with Crippen LogP contribution in [-0.2, 0) is 15.4 Å². The van der Waals surface area contributed by atoms with Crippen molar-refractivity contribution in [2.24, 2.45) is 0 Å². The van der Waals surface area contributed by atoms with Crippen LogP contribution in [0.4, 0.5) is 14.5 Å². The van der Waals surface area contributed by atoms with Gasteiger partial charge in [-0.05, 0) is 35.2 Å². The van der Waals surface area contributed by atoms with Gasteiger partial charge in [0.15, 0.2) is 5.82 Å². The number of rotatable bonds is 5. The molecule has 170 valence electrons. The Balaban J connectivity index is 1.70. The fourth-order valence-corrected chi connectivity index (χ4v) is 4.42. The van der Waals surface area contributed by atoms with Crippen LogP contribution in [0.2, 0.25) is 0 Å². The SMILES string of the molecule is CC(C)(C)c1ccc(S(=O)(=O)Nc2ccc(F)c(C(=O)c3c[nH]c4ncncc34)c2F)cc1. The third-order valence-corrected chi connectivity index (χ3v) is 6.57. The summed E-state index contributed by atoms with van der Waals surface area (Å²) in [7, 11) is -4.19. The van der Waals surface area contributed by atoms with Crippen LogP contribution in [0.25, 0.3) is 11.0 Å². The fraction of sp³-hybridized carbons (Fsp3) is 0.174. The number of sulfonamides is 1. The molecule has 0 amide bonds. The van der Waals surface area contributed by atoms with Crippen molar-refractivity contribution in [2.45, 2.75) is 31.1 Å². The first-order chi connectivity index (χ1) is 15.5. The number of anilines is 1. The number of hydrogen-bond acceptors (Lipinski definition) is 5. The number of aromatic nitrogens is 3. The lowest BCUT2D eigenvalue weighted by Crippen LogP contribution is -2.17. The maximum Gasteiger partial charge on any atom is 0.261 e. The molecule has 4 rings (SSSR count). The third-order valence-electron chi connectivity index (χ3n) is 5.19. The van der Waals surface area contributed by atoms with E-state index in [-0.39, 0.29) is 21.3 Å². The summed E-state index contributed by atoms with van der Waals surface area (Å²) >= 11 is 0. The summed E-state index contributed by atoms with van der Waals surface area (Å²) in [5.74, 6) is -3.41. The van der Waals surface area contributed by atoms with Crippen molar-refractivity contribution in [1.82, 2.24) is 15.0 Å². The smallest absolute Gasteiger partial charge is 0.261 e. The summed E-state index contributed by atoms with van der Waals surface area (Å²) < 4.78 is 57.4. The van der Waals surface area contributed by atoms with Gasteiger partial charge < -0.3 is 4.98 Å². The van der Waals surface area contributed by atoms with Crippen molar-refractivity contribution < 1.29 is 22.0 Å². The number of halogens is 2. The van der Waals surface area contributed by atoms with E-state index >= 15 is 4.39 Å². The summed E-state index contributed by atoms with van der Waals surface area (Å²) in [5.41, 5.74) is -0.406. The number of carbonyl (C=O) groups is 1. The summed E-state index contributed by atoms with van der Waals surface area (Å²) in [5, 5.41) is 0.284. The molecule has 0 atom stereocenters. The molecule has 10 heteroatoms. The number of ketones is 1. The van der Waals surface area contributed by atoms with Crippen molar-refractivity contribution in [3.05, 3.63) is 83.4 Å². The molecule has 0 bridgehead atoms. The van der Waals surface area contributed by atoms with Gasteiger partial charge in [-0.2, -0.15) is 0 Å². The minimum absolute atomic E-state index is 0.0406. The Hall–Kier alpha value is -3.66. The zero-order valence-electron chi connectivity index (χ0n) is 18.0. The van der Waals surface area contributed by atoms with E-state index in [4.69, 9.17) is 0 Å². The molecular weight excluding hydrogens is 450 g/mol. The number of aromatic amines is 1. The van der Waals surface area contributed by atoms with E-state index in [0.29, 0.717) is 5.65 Å².